The lowest BCUT2D eigenvalue weighted by Crippen LogP contribution is -2.19. The molecule has 1 atom stereocenters. The Labute approximate surface area is 133 Å². The SMILES string of the molecule is CNCC(Cc1ccc(OC)c(F)c1)c1cccc(Br)c1. The van der Waals surface area contributed by atoms with Gasteiger partial charge in [0.15, 0.2) is 11.6 Å². The van der Waals surface area contributed by atoms with E-state index in [1.165, 1.54) is 12.7 Å². The van der Waals surface area contributed by atoms with Crippen LogP contribution in [0.2, 0.25) is 0 Å². The van der Waals surface area contributed by atoms with E-state index in [9.17, 15) is 4.39 Å². The van der Waals surface area contributed by atoms with Gasteiger partial charge in [0.25, 0.3) is 0 Å². The number of rotatable bonds is 6. The Morgan fingerprint density at radius 3 is 2.67 bits per heavy atom. The third-order valence-electron chi connectivity index (χ3n) is 3.47. The van der Waals surface area contributed by atoms with Crippen molar-refractivity contribution in [3.05, 3.63) is 63.9 Å². The molecule has 2 nitrogen and oxygen atoms in total. The highest BCUT2D eigenvalue weighted by atomic mass is 79.9. The van der Waals surface area contributed by atoms with Crippen LogP contribution in [-0.4, -0.2) is 20.7 Å². The maximum atomic E-state index is 13.8. The minimum Gasteiger partial charge on any atom is -0.494 e. The fraction of sp³-hybridized carbons (Fsp3) is 0.294. The number of likely N-dealkylation sites (N-methyl/N-ethyl adjacent to an activating group) is 1. The molecule has 0 spiro atoms. The molecule has 0 saturated heterocycles. The minimum atomic E-state index is -0.313. The maximum Gasteiger partial charge on any atom is 0.165 e. The average molecular weight is 352 g/mol. The van der Waals surface area contributed by atoms with Crippen molar-refractivity contribution >= 4 is 15.9 Å². The largest absolute Gasteiger partial charge is 0.494 e. The Morgan fingerprint density at radius 1 is 1.24 bits per heavy atom. The monoisotopic (exact) mass is 351 g/mol. The van der Waals surface area contributed by atoms with Gasteiger partial charge < -0.3 is 10.1 Å². The Hall–Kier alpha value is -1.39. The molecule has 0 heterocycles. The highest BCUT2D eigenvalue weighted by molar-refractivity contribution is 9.10. The van der Waals surface area contributed by atoms with E-state index in [1.807, 2.05) is 25.2 Å². The van der Waals surface area contributed by atoms with E-state index in [0.29, 0.717) is 5.92 Å². The zero-order chi connectivity index (χ0) is 15.2. The first-order valence-electron chi connectivity index (χ1n) is 6.86. The van der Waals surface area contributed by atoms with Crippen LogP contribution in [0, 0.1) is 5.82 Å². The maximum absolute atomic E-state index is 13.8. The van der Waals surface area contributed by atoms with Crippen LogP contribution in [-0.2, 0) is 6.42 Å². The quantitative estimate of drug-likeness (QED) is 0.844. The summed E-state index contributed by atoms with van der Waals surface area (Å²) >= 11 is 3.50. The highest BCUT2D eigenvalue weighted by Gasteiger charge is 2.13. The molecule has 112 valence electrons. The summed E-state index contributed by atoms with van der Waals surface area (Å²) in [4.78, 5) is 0. The fourth-order valence-corrected chi connectivity index (χ4v) is 2.85. The van der Waals surface area contributed by atoms with Gasteiger partial charge in [-0.05, 0) is 48.9 Å². The lowest BCUT2D eigenvalue weighted by molar-refractivity contribution is 0.386. The third-order valence-corrected chi connectivity index (χ3v) is 3.96. The van der Waals surface area contributed by atoms with Gasteiger partial charge in [0.2, 0.25) is 0 Å². The first kappa shape index (κ1) is 16.0. The molecule has 0 aliphatic rings. The molecule has 0 bridgehead atoms. The Bertz CT molecular complexity index is 603. The van der Waals surface area contributed by atoms with Gasteiger partial charge in [-0.1, -0.05) is 34.1 Å². The molecule has 1 N–H and O–H groups in total. The Balaban J connectivity index is 2.22. The Kier molecular flexibility index (Phi) is 5.76. The van der Waals surface area contributed by atoms with Crippen molar-refractivity contribution in [1.29, 1.82) is 0 Å². The number of benzene rings is 2. The zero-order valence-corrected chi connectivity index (χ0v) is 13.8. The summed E-state index contributed by atoms with van der Waals surface area (Å²) in [5.41, 5.74) is 2.20. The van der Waals surface area contributed by atoms with Crippen LogP contribution in [0.1, 0.15) is 17.0 Å². The van der Waals surface area contributed by atoms with E-state index in [0.717, 1.165) is 23.0 Å². The lowest BCUT2D eigenvalue weighted by Gasteiger charge is -2.18. The number of nitrogens with one attached hydrogen (secondary N) is 1. The van der Waals surface area contributed by atoms with Gasteiger partial charge in [-0.3, -0.25) is 0 Å². The number of hydrogen-bond donors (Lipinski definition) is 1. The lowest BCUT2D eigenvalue weighted by atomic mass is 9.92. The summed E-state index contributed by atoms with van der Waals surface area (Å²) in [6.45, 7) is 0.837. The van der Waals surface area contributed by atoms with Crippen molar-refractivity contribution in [3.63, 3.8) is 0 Å². The molecule has 1 unspecified atom stereocenters. The smallest absolute Gasteiger partial charge is 0.165 e. The molecule has 2 rings (SSSR count). The summed E-state index contributed by atoms with van der Waals surface area (Å²) in [5, 5.41) is 3.21. The predicted molar refractivity (Wildman–Crippen MR) is 87.5 cm³/mol. The van der Waals surface area contributed by atoms with Crippen molar-refractivity contribution in [2.75, 3.05) is 20.7 Å². The second kappa shape index (κ2) is 7.57. The van der Waals surface area contributed by atoms with E-state index < -0.39 is 0 Å². The van der Waals surface area contributed by atoms with Crippen LogP contribution in [0.25, 0.3) is 0 Å². The average Bonchev–Trinajstić information content (AvgIpc) is 2.47. The minimum absolute atomic E-state index is 0.284. The van der Waals surface area contributed by atoms with Gasteiger partial charge >= 0.3 is 0 Å². The van der Waals surface area contributed by atoms with Gasteiger partial charge in [-0.15, -0.1) is 0 Å². The van der Waals surface area contributed by atoms with Crippen LogP contribution >= 0.6 is 15.9 Å². The van der Waals surface area contributed by atoms with Gasteiger partial charge in [0, 0.05) is 16.9 Å². The normalized spacial score (nSPS) is 12.2. The van der Waals surface area contributed by atoms with Gasteiger partial charge in [0.1, 0.15) is 0 Å². The number of ether oxygens (including phenoxy) is 1. The molecule has 0 fully saturated rings. The fourth-order valence-electron chi connectivity index (χ4n) is 2.44. The van der Waals surface area contributed by atoms with Crippen LogP contribution < -0.4 is 10.1 Å². The summed E-state index contributed by atoms with van der Waals surface area (Å²) in [5.74, 6) is 0.263. The zero-order valence-electron chi connectivity index (χ0n) is 12.2. The van der Waals surface area contributed by atoms with E-state index in [2.05, 4.69) is 33.4 Å². The van der Waals surface area contributed by atoms with Crippen LogP contribution in [0.3, 0.4) is 0 Å². The second-order valence-corrected chi connectivity index (χ2v) is 5.90. The molecule has 0 amide bonds. The Morgan fingerprint density at radius 2 is 2.05 bits per heavy atom. The highest BCUT2D eigenvalue weighted by Crippen LogP contribution is 2.25. The summed E-state index contributed by atoms with van der Waals surface area (Å²) in [6, 6.07) is 13.4. The van der Waals surface area contributed by atoms with Crippen molar-refractivity contribution < 1.29 is 9.13 Å². The first-order chi connectivity index (χ1) is 10.1. The summed E-state index contributed by atoms with van der Waals surface area (Å²) in [6.07, 6.45) is 0.776. The topological polar surface area (TPSA) is 21.3 Å². The second-order valence-electron chi connectivity index (χ2n) is 4.98. The van der Waals surface area contributed by atoms with E-state index in [4.69, 9.17) is 4.74 Å². The molecule has 0 aromatic heterocycles. The van der Waals surface area contributed by atoms with Crippen molar-refractivity contribution in [2.45, 2.75) is 12.3 Å². The molecule has 4 heteroatoms. The number of hydrogen-bond acceptors (Lipinski definition) is 2. The van der Waals surface area contributed by atoms with Crippen molar-refractivity contribution in [3.8, 4) is 5.75 Å². The molecular weight excluding hydrogens is 333 g/mol. The van der Waals surface area contributed by atoms with Crippen LogP contribution in [0.15, 0.2) is 46.9 Å². The summed E-state index contributed by atoms with van der Waals surface area (Å²) < 4.78 is 19.8. The van der Waals surface area contributed by atoms with Gasteiger partial charge in [0.05, 0.1) is 7.11 Å². The molecule has 21 heavy (non-hydrogen) atoms. The van der Waals surface area contributed by atoms with E-state index in [1.54, 1.807) is 12.1 Å². The van der Waals surface area contributed by atoms with Gasteiger partial charge in [-0.2, -0.15) is 0 Å². The standard InChI is InChI=1S/C17H19BrFNO/c1-20-11-14(13-4-3-5-15(18)10-13)8-12-6-7-17(21-2)16(19)9-12/h3-7,9-10,14,20H,8,11H2,1-2H3. The first-order valence-corrected chi connectivity index (χ1v) is 7.66. The molecule has 2 aromatic carbocycles. The predicted octanol–water partition coefficient (Wildman–Crippen LogP) is 4.14. The molecule has 0 aliphatic carbocycles. The van der Waals surface area contributed by atoms with Crippen molar-refractivity contribution in [2.24, 2.45) is 0 Å². The molecular formula is C17H19BrFNO. The van der Waals surface area contributed by atoms with Gasteiger partial charge in [-0.25, -0.2) is 4.39 Å². The summed E-state index contributed by atoms with van der Waals surface area (Å²) in [7, 11) is 3.41. The molecule has 0 aliphatic heterocycles. The van der Waals surface area contributed by atoms with Crippen LogP contribution in [0.5, 0.6) is 5.75 Å². The third kappa shape index (κ3) is 4.29. The molecule has 0 radical (unpaired) electrons. The van der Waals surface area contributed by atoms with E-state index in [-0.39, 0.29) is 11.6 Å². The molecule has 2 aromatic rings. The van der Waals surface area contributed by atoms with Crippen LogP contribution in [0.4, 0.5) is 4.39 Å². The number of halogens is 2. The molecule has 0 saturated carbocycles. The van der Waals surface area contributed by atoms with Crippen molar-refractivity contribution in [1.82, 2.24) is 5.32 Å². The number of methoxy groups -OCH3 is 1. The van der Waals surface area contributed by atoms with E-state index >= 15 is 0 Å².